The molecule has 1 aromatic rings. The second-order valence-corrected chi connectivity index (χ2v) is 12.2. The summed E-state index contributed by atoms with van der Waals surface area (Å²) in [6.45, 7) is -0.812. The normalized spacial score (nSPS) is 25.9. The second kappa shape index (κ2) is 18.4. The summed E-state index contributed by atoms with van der Waals surface area (Å²) in [6.07, 6.45) is 20.3. The molecule has 42 heavy (non-hydrogen) atoms. The molecular formula is C34H51F2NO5. The van der Waals surface area contributed by atoms with Crippen molar-refractivity contribution in [2.75, 3.05) is 6.61 Å². The van der Waals surface area contributed by atoms with Crippen molar-refractivity contribution in [3.8, 4) is 5.75 Å². The molecule has 236 valence electrons. The Hall–Kier alpha value is -2.29. The van der Waals surface area contributed by atoms with Crippen LogP contribution in [-0.4, -0.2) is 58.1 Å². The van der Waals surface area contributed by atoms with Gasteiger partial charge in [-0.3, -0.25) is 4.79 Å². The largest absolute Gasteiger partial charge is 0.487 e. The van der Waals surface area contributed by atoms with Gasteiger partial charge in [-0.15, -0.1) is 0 Å². The molecule has 1 aromatic carbocycles. The third-order valence-electron chi connectivity index (χ3n) is 8.67. The zero-order valence-corrected chi connectivity index (χ0v) is 24.9. The topological polar surface area (TPSA) is 99.0 Å². The van der Waals surface area contributed by atoms with Gasteiger partial charge in [-0.2, -0.15) is 8.78 Å². The number of hydrogen-bond donors (Lipinski definition) is 4. The average Bonchev–Trinajstić information content (AvgIpc) is 3.26. The minimum absolute atomic E-state index is 0.0839. The van der Waals surface area contributed by atoms with Gasteiger partial charge < -0.3 is 25.4 Å². The lowest BCUT2D eigenvalue weighted by atomic mass is 9.89. The van der Waals surface area contributed by atoms with Crippen LogP contribution in [0.1, 0.15) is 96.3 Å². The maximum absolute atomic E-state index is 14.2. The minimum Gasteiger partial charge on any atom is -0.487 e. The van der Waals surface area contributed by atoms with Gasteiger partial charge in [-0.25, -0.2) is 0 Å². The SMILES string of the molecule is C1CCC(NC2CCCCC2)CC1.O=C(O)CCC/C=C\C[C@@H]1[C@@H](/C=C/C(F)(F)COc2ccccc2)[C@H](O)C[C@@H]1O. The Labute approximate surface area is 250 Å². The predicted molar refractivity (Wildman–Crippen MR) is 162 cm³/mol. The monoisotopic (exact) mass is 591 g/mol. The zero-order valence-electron chi connectivity index (χ0n) is 24.9. The number of carboxylic acid groups (broad SMARTS) is 1. The molecule has 0 aliphatic heterocycles. The van der Waals surface area contributed by atoms with Crippen LogP contribution in [0.2, 0.25) is 0 Å². The van der Waals surface area contributed by atoms with E-state index in [9.17, 15) is 23.8 Å². The summed E-state index contributed by atoms with van der Waals surface area (Å²) >= 11 is 0. The number of unbranched alkanes of at least 4 members (excludes halogenated alkanes) is 1. The smallest absolute Gasteiger partial charge is 0.303 e. The van der Waals surface area contributed by atoms with Crippen LogP contribution in [0.25, 0.3) is 0 Å². The number of allylic oxidation sites excluding steroid dienone is 2. The average molecular weight is 592 g/mol. The number of rotatable bonds is 13. The van der Waals surface area contributed by atoms with E-state index in [4.69, 9.17) is 9.84 Å². The molecule has 0 bridgehead atoms. The van der Waals surface area contributed by atoms with E-state index in [1.54, 1.807) is 30.3 Å². The van der Waals surface area contributed by atoms with Crippen LogP contribution >= 0.6 is 0 Å². The van der Waals surface area contributed by atoms with Crippen LogP contribution in [0, 0.1) is 11.8 Å². The summed E-state index contributed by atoms with van der Waals surface area (Å²) in [5, 5.41) is 32.8. The summed E-state index contributed by atoms with van der Waals surface area (Å²) in [7, 11) is 0. The van der Waals surface area contributed by atoms with Crippen molar-refractivity contribution < 1.29 is 33.6 Å². The highest BCUT2D eigenvalue weighted by atomic mass is 19.3. The molecule has 0 spiro atoms. The fraction of sp³-hybridized carbons (Fsp3) is 0.676. The maximum Gasteiger partial charge on any atom is 0.303 e. The molecule has 0 amide bonds. The summed E-state index contributed by atoms with van der Waals surface area (Å²) in [6, 6.07) is 10.1. The van der Waals surface area contributed by atoms with Crippen LogP contribution in [-0.2, 0) is 4.79 Å². The molecule has 0 radical (unpaired) electrons. The van der Waals surface area contributed by atoms with Gasteiger partial charge in [0.2, 0.25) is 0 Å². The number of ether oxygens (including phenoxy) is 1. The molecular weight excluding hydrogens is 540 g/mol. The van der Waals surface area contributed by atoms with E-state index in [-0.39, 0.29) is 18.8 Å². The van der Waals surface area contributed by atoms with Crippen molar-refractivity contribution in [3.63, 3.8) is 0 Å². The van der Waals surface area contributed by atoms with Gasteiger partial charge in [-0.1, -0.05) is 75.0 Å². The number of para-hydroxylation sites is 1. The first-order valence-electron chi connectivity index (χ1n) is 16.0. The molecule has 3 aliphatic carbocycles. The molecule has 4 rings (SSSR count). The highest BCUT2D eigenvalue weighted by molar-refractivity contribution is 5.66. The number of halogens is 2. The van der Waals surface area contributed by atoms with Gasteiger partial charge in [0, 0.05) is 30.8 Å². The number of aliphatic hydroxyl groups excluding tert-OH is 2. The van der Waals surface area contributed by atoms with Gasteiger partial charge in [0.05, 0.1) is 12.2 Å². The van der Waals surface area contributed by atoms with Gasteiger partial charge in [0.15, 0.2) is 6.61 Å². The summed E-state index contributed by atoms with van der Waals surface area (Å²) in [4.78, 5) is 10.5. The molecule has 3 aliphatic rings. The Kier molecular flexibility index (Phi) is 15.0. The minimum atomic E-state index is -3.21. The number of aliphatic hydroxyl groups is 2. The lowest BCUT2D eigenvalue weighted by molar-refractivity contribution is -0.137. The quantitative estimate of drug-likeness (QED) is 0.145. The highest BCUT2D eigenvalue weighted by Gasteiger charge is 2.40. The molecule has 4 atom stereocenters. The lowest BCUT2D eigenvalue weighted by Gasteiger charge is -2.30. The van der Waals surface area contributed by atoms with Crippen molar-refractivity contribution in [3.05, 3.63) is 54.6 Å². The standard InChI is InChI=1S/C22H28F2O5.C12H23N/c23-22(24,15-29-16-8-4-3-5-9-16)13-12-18-17(19(25)14-20(18)26)10-6-1-2-7-11-21(27)28;1-3-7-11(8-4-1)13-12-9-5-2-6-10-12/h1,3-6,8-9,12-13,17-20,25-26H,2,7,10-11,14-15H2,(H,27,28);11-13H,1-10H2/b6-1-,13-12+;/t17-,18-,19+,20-;/m1./s1. The molecule has 0 unspecified atom stereocenters. The number of carboxylic acids is 1. The fourth-order valence-corrected chi connectivity index (χ4v) is 6.32. The van der Waals surface area contributed by atoms with Crippen molar-refractivity contribution in [2.24, 2.45) is 11.8 Å². The third kappa shape index (κ3) is 12.9. The molecule has 3 saturated carbocycles. The Morgan fingerprint density at radius 1 is 0.929 bits per heavy atom. The van der Waals surface area contributed by atoms with E-state index in [1.165, 1.54) is 70.3 Å². The number of carbonyl (C=O) groups is 1. The van der Waals surface area contributed by atoms with Crippen molar-refractivity contribution >= 4 is 5.97 Å². The lowest BCUT2D eigenvalue weighted by Crippen LogP contribution is -2.40. The number of aliphatic carboxylic acids is 1. The molecule has 8 heteroatoms. The van der Waals surface area contributed by atoms with Gasteiger partial charge in [0.1, 0.15) is 5.75 Å². The van der Waals surface area contributed by atoms with Crippen LogP contribution in [0.5, 0.6) is 5.75 Å². The summed E-state index contributed by atoms with van der Waals surface area (Å²) < 4.78 is 33.4. The zero-order chi connectivity index (χ0) is 30.2. The predicted octanol–water partition coefficient (Wildman–Crippen LogP) is 7.06. The van der Waals surface area contributed by atoms with Crippen LogP contribution in [0.4, 0.5) is 8.78 Å². The van der Waals surface area contributed by atoms with Gasteiger partial charge in [-0.05, 0) is 69.1 Å². The van der Waals surface area contributed by atoms with Crippen LogP contribution in [0.15, 0.2) is 54.6 Å². The maximum atomic E-state index is 14.2. The van der Waals surface area contributed by atoms with Gasteiger partial charge in [0.25, 0.3) is 5.92 Å². The second-order valence-electron chi connectivity index (χ2n) is 12.2. The first-order valence-corrected chi connectivity index (χ1v) is 16.0. The molecule has 3 fully saturated rings. The number of alkyl halides is 2. The Morgan fingerprint density at radius 2 is 1.55 bits per heavy atom. The van der Waals surface area contributed by atoms with E-state index >= 15 is 0 Å². The highest BCUT2D eigenvalue weighted by Crippen LogP contribution is 2.37. The number of hydrogen-bond acceptors (Lipinski definition) is 5. The molecule has 4 N–H and O–H groups in total. The first-order chi connectivity index (χ1) is 20.2. The van der Waals surface area contributed by atoms with Crippen molar-refractivity contribution in [1.82, 2.24) is 5.32 Å². The van der Waals surface area contributed by atoms with Gasteiger partial charge >= 0.3 is 5.97 Å². The van der Waals surface area contributed by atoms with Crippen molar-refractivity contribution in [1.29, 1.82) is 0 Å². The van der Waals surface area contributed by atoms with E-state index in [0.29, 0.717) is 25.0 Å². The first kappa shape index (κ1) is 34.2. The van der Waals surface area contributed by atoms with Crippen LogP contribution < -0.4 is 10.1 Å². The molecule has 0 aromatic heterocycles. The van der Waals surface area contributed by atoms with Crippen molar-refractivity contribution in [2.45, 2.75) is 127 Å². The Balaban J connectivity index is 0.000000307. The molecule has 6 nitrogen and oxygen atoms in total. The third-order valence-corrected chi connectivity index (χ3v) is 8.67. The van der Waals surface area contributed by atoms with E-state index in [1.807, 2.05) is 12.2 Å². The number of nitrogens with one attached hydrogen (secondary N) is 1. The van der Waals surface area contributed by atoms with Crippen LogP contribution in [0.3, 0.4) is 0 Å². The Bertz CT molecular complexity index is 929. The van der Waals surface area contributed by atoms with E-state index in [0.717, 1.165) is 18.2 Å². The summed E-state index contributed by atoms with van der Waals surface area (Å²) in [5.41, 5.74) is 0. The molecule has 0 heterocycles. The summed E-state index contributed by atoms with van der Waals surface area (Å²) in [5.74, 6) is -4.67. The molecule has 0 saturated heterocycles. The number of benzene rings is 1. The fourth-order valence-electron chi connectivity index (χ4n) is 6.32. The van der Waals surface area contributed by atoms with E-state index < -0.39 is 36.6 Å². The Morgan fingerprint density at radius 3 is 2.14 bits per heavy atom. The van der Waals surface area contributed by atoms with E-state index in [2.05, 4.69) is 5.32 Å².